The highest BCUT2D eigenvalue weighted by molar-refractivity contribution is 7.89. The third kappa shape index (κ3) is 4.16. The minimum atomic E-state index is -3.51. The molecule has 0 radical (unpaired) electrons. The van der Waals surface area contributed by atoms with E-state index in [4.69, 9.17) is 17.3 Å². The van der Waals surface area contributed by atoms with Crippen molar-refractivity contribution in [2.75, 3.05) is 32.9 Å². The lowest BCUT2D eigenvalue weighted by atomic mass is 10.3. The van der Waals surface area contributed by atoms with Crippen LogP contribution in [0.4, 0.5) is 5.69 Å². The maximum absolute atomic E-state index is 11.8. The summed E-state index contributed by atoms with van der Waals surface area (Å²) in [6.07, 6.45) is 0. The highest BCUT2D eigenvalue weighted by Crippen LogP contribution is 2.21. The summed E-state index contributed by atoms with van der Waals surface area (Å²) in [5.74, 6) is 0. The third-order valence-corrected chi connectivity index (χ3v) is 3.93. The van der Waals surface area contributed by atoms with E-state index in [1.165, 1.54) is 18.2 Å². The summed E-state index contributed by atoms with van der Waals surface area (Å²) in [5, 5.41) is 0.345. The fraction of sp³-hybridized carbons (Fsp3) is 0.400. The Morgan fingerprint density at radius 3 is 2.59 bits per heavy atom. The van der Waals surface area contributed by atoms with Gasteiger partial charge in [0.2, 0.25) is 10.0 Å². The largest absolute Gasteiger partial charge is 0.397 e. The first-order valence-electron chi connectivity index (χ1n) is 5.02. The van der Waals surface area contributed by atoms with Crippen molar-refractivity contribution in [3.63, 3.8) is 0 Å². The molecular weight excluding hydrogens is 262 g/mol. The molecule has 0 aliphatic carbocycles. The van der Waals surface area contributed by atoms with Gasteiger partial charge in [-0.15, -0.1) is 0 Å². The van der Waals surface area contributed by atoms with Crippen LogP contribution in [0.15, 0.2) is 23.1 Å². The topological polar surface area (TPSA) is 75.4 Å². The summed E-state index contributed by atoms with van der Waals surface area (Å²) in [6, 6.07) is 4.24. The molecule has 7 heteroatoms. The molecule has 1 aromatic carbocycles. The Kier molecular flexibility index (Phi) is 4.76. The molecule has 0 heterocycles. The van der Waals surface area contributed by atoms with Crippen LogP contribution in [-0.4, -0.2) is 40.5 Å². The van der Waals surface area contributed by atoms with Gasteiger partial charge >= 0.3 is 0 Å². The smallest absolute Gasteiger partial charge is 0.240 e. The van der Waals surface area contributed by atoms with Crippen LogP contribution in [0.2, 0.25) is 5.02 Å². The number of likely N-dealkylation sites (N-methyl/N-ethyl adjacent to an activating group) is 1. The second-order valence-corrected chi connectivity index (χ2v) is 6.06. The SMILES string of the molecule is CN(C)CCNS(=O)(=O)c1ccc(Cl)c(N)c1. The minimum absolute atomic E-state index is 0.123. The normalized spacial score (nSPS) is 12.0. The fourth-order valence-corrected chi connectivity index (χ4v) is 2.35. The van der Waals surface area contributed by atoms with Crippen LogP contribution in [0.3, 0.4) is 0 Å². The van der Waals surface area contributed by atoms with Crippen molar-refractivity contribution in [3.05, 3.63) is 23.2 Å². The van der Waals surface area contributed by atoms with Crippen LogP contribution >= 0.6 is 11.6 Å². The van der Waals surface area contributed by atoms with Gasteiger partial charge in [-0.1, -0.05) is 11.6 Å². The van der Waals surface area contributed by atoms with Gasteiger partial charge in [-0.25, -0.2) is 13.1 Å². The summed E-state index contributed by atoms with van der Waals surface area (Å²) in [7, 11) is 0.229. The lowest BCUT2D eigenvalue weighted by Gasteiger charge is -2.11. The molecule has 0 aliphatic heterocycles. The van der Waals surface area contributed by atoms with E-state index >= 15 is 0 Å². The second kappa shape index (κ2) is 5.68. The average molecular weight is 278 g/mol. The first kappa shape index (κ1) is 14.2. The molecule has 0 saturated carbocycles. The predicted octanol–water partition coefficient (Wildman–Crippen LogP) is 0.762. The highest BCUT2D eigenvalue weighted by Gasteiger charge is 2.14. The van der Waals surface area contributed by atoms with E-state index in [1.807, 2.05) is 19.0 Å². The van der Waals surface area contributed by atoms with Crippen LogP contribution in [-0.2, 0) is 10.0 Å². The number of nitrogens with one attached hydrogen (secondary N) is 1. The Hall–Kier alpha value is -0.820. The third-order valence-electron chi connectivity index (χ3n) is 2.13. The van der Waals surface area contributed by atoms with Gasteiger partial charge in [-0.2, -0.15) is 0 Å². The van der Waals surface area contributed by atoms with Gasteiger partial charge in [0.05, 0.1) is 15.6 Å². The number of hydrogen-bond donors (Lipinski definition) is 2. The molecule has 0 atom stereocenters. The van der Waals surface area contributed by atoms with Gasteiger partial charge in [0.15, 0.2) is 0 Å². The van der Waals surface area contributed by atoms with Crippen LogP contribution in [0.1, 0.15) is 0 Å². The van der Waals surface area contributed by atoms with E-state index in [1.54, 1.807) is 0 Å². The Balaban J connectivity index is 2.79. The summed E-state index contributed by atoms with van der Waals surface area (Å²) >= 11 is 5.73. The Morgan fingerprint density at radius 2 is 2.06 bits per heavy atom. The predicted molar refractivity (Wildman–Crippen MR) is 69.6 cm³/mol. The number of nitrogens with two attached hydrogens (primary N) is 1. The van der Waals surface area contributed by atoms with Crippen molar-refractivity contribution in [2.45, 2.75) is 4.90 Å². The molecule has 3 N–H and O–H groups in total. The number of benzene rings is 1. The molecule has 0 aromatic heterocycles. The Morgan fingerprint density at radius 1 is 1.41 bits per heavy atom. The van der Waals surface area contributed by atoms with Crippen LogP contribution in [0, 0.1) is 0 Å². The lowest BCUT2D eigenvalue weighted by molar-refractivity contribution is 0.412. The van der Waals surface area contributed by atoms with Gasteiger partial charge in [0, 0.05) is 13.1 Å². The van der Waals surface area contributed by atoms with Gasteiger partial charge in [0.1, 0.15) is 0 Å². The highest BCUT2D eigenvalue weighted by atomic mass is 35.5. The zero-order valence-corrected chi connectivity index (χ0v) is 11.3. The van der Waals surface area contributed by atoms with Gasteiger partial charge in [-0.3, -0.25) is 0 Å². The molecule has 96 valence electrons. The molecule has 0 amide bonds. The van der Waals surface area contributed by atoms with Gasteiger partial charge in [-0.05, 0) is 32.3 Å². The summed E-state index contributed by atoms with van der Waals surface area (Å²) in [6.45, 7) is 0.972. The molecule has 0 aliphatic rings. The molecule has 0 unspecified atom stereocenters. The van der Waals surface area contributed by atoms with E-state index in [0.29, 0.717) is 18.1 Å². The Bertz CT molecular complexity index is 488. The quantitative estimate of drug-likeness (QED) is 0.780. The number of anilines is 1. The number of sulfonamides is 1. The van der Waals surface area contributed by atoms with E-state index in [0.717, 1.165) is 0 Å². The number of rotatable bonds is 5. The molecule has 1 aromatic rings. The first-order chi connectivity index (χ1) is 7.83. The van der Waals surface area contributed by atoms with Crippen molar-refractivity contribution in [1.29, 1.82) is 0 Å². The second-order valence-electron chi connectivity index (χ2n) is 3.88. The van der Waals surface area contributed by atoms with Crippen molar-refractivity contribution in [3.8, 4) is 0 Å². The van der Waals surface area contributed by atoms with E-state index in [2.05, 4.69) is 4.72 Å². The first-order valence-corrected chi connectivity index (χ1v) is 6.88. The van der Waals surface area contributed by atoms with Gasteiger partial charge in [0.25, 0.3) is 0 Å². The summed E-state index contributed by atoms with van der Waals surface area (Å²) < 4.78 is 26.2. The Labute approximate surface area is 107 Å². The average Bonchev–Trinajstić information content (AvgIpc) is 2.21. The van der Waals surface area contributed by atoms with Crippen LogP contribution < -0.4 is 10.5 Å². The van der Waals surface area contributed by atoms with E-state index < -0.39 is 10.0 Å². The molecule has 5 nitrogen and oxygen atoms in total. The van der Waals surface area contributed by atoms with Crippen molar-refractivity contribution >= 4 is 27.3 Å². The zero-order valence-electron chi connectivity index (χ0n) is 9.77. The standard InChI is InChI=1S/C10H16ClN3O2S/c1-14(2)6-5-13-17(15,16)8-3-4-9(11)10(12)7-8/h3-4,7,13H,5-6,12H2,1-2H3. The molecule has 17 heavy (non-hydrogen) atoms. The monoisotopic (exact) mass is 277 g/mol. The summed E-state index contributed by atoms with van der Waals surface area (Å²) in [5.41, 5.74) is 5.81. The number of nitrogens with zero attached hydrogens (tertiary/aromatic N) is 1. The number of nitrogen functional groups attached to an aromatic ring is 1. The van der Waals surface area contributed by atoms with Crippen LogP contribution in [0.5, 0.6) is 0 Å². The molecule has 0 fully saturated rings. The maximum Gasteiger partial charge on any atom is 0.240 e. The maximum atomic E-state index is 11.8. The van der Waals surface area contributed by atoms with E-state index in [-0.39, 0.29) is 10.6 Å². The number of hydrogen-bond acceptors (Lipinski definition) is 4. The summed E-state index contributed by atoms with van der Waals surface area (Å²) in [4.78, 5) is 2.01. The van der Waals surface area contributed by atoms with Crippen molar-refractivity contribution in [2.24, 2.45) is 0 Å². The molecular formula is C10H16ClN3O2S. The van der Waals surface area contributed by atoms with Crippen LogP contribution in [0.25, 0.3) is 0 Å². The van der Waals surface area contributed by atoms with Crippen molar-refractivity contribution in [1.82, 2.24) is 9.62 Å². The number of halogens is 1. The lowest BCUT2D eigenvalue weighted by Crippen LogP contribution is -2.31. The van der Waals surface area contributed by atoms with E-state index in [9.17, 15) is 8.42 Å². The fourth-order valence-electron chi connectivity index (χ4n) is 1.18. The van der Waals surface area contributed by atoms with Gasteiger partial charge < -0.3 is 10.6 Å². The molecule has 0 spiro atoms. The molecule has 1 rings (SSSR count). The minimum Gasteiger partial charge on any atom is -0.397 e. The molecule has 0 bridgehead atoms. The van der Waals surface area contributed by atoms with Crippen molar-refractivity contribution < 1.29 is 8.42 Å². The molecule has 0 saturated heterocycles. The zero-order chi connectivity index (χ0) is 13.1.